The molecular weight excluding hydrogens is 184 g/mol. The van der Waals surface area contributed by atoms with Crippen LogP contribution in [-0.2, 0) is 0 Å². The highest BCUT2D eigenvalue weighted by Crippen LogP contribution is 2.22. The zero-order valence-corrected chi connectivity index (χ0v) is 7.89. The highest BCUT2D eigenvalue weighted by Gasteiger charge is 2.05. The van der Waals surface area contributed by atoms with Gasteiger partial charge >= 0.3 is 0 Å². The zero-order chi connectivity index (χ0) is 9.26. The lowest BCUT2D eigenvalue weighted by Crippen LogP contribution is -2.08. The van der Waals surface area contributed by atoms with Crippen molar-refractivity contribution in [2.45, 2.75) is 6.92 Å². The molecule has 0 aliphatic carbocycles. The van der Waals surface area contributed by atoms with Gasteiger partial charge in [0.15, 0.2) is 0 Å². The molecule has 2 aromatic heterocycles. The van der Waals surface area contributed by atoms with Crippen molar-refractivity contribution in [1.29, 1.82) is 0 Å². The third kappa shape index (κ3) is 1.53. The fourth-order valence-electron chi connectivity index (χ4n) is 1.09. The number of aromatic amines is 1. The molecule has 0 saturated heterocycles. The Morgan fingerprint density at radius 2 is 2.31 bits per heavy atom. The van der Waals surface area contributed by atoms with Crippen LogP contribution in [0.5, 0.6) is 0 Å². The predicted octanol–water partition coefficient (Wildman–Crippen LogP) is 1.81. The van der Waals surface area contributed by atoms with Crippen molar-refractivity contribution in [3.63, 3.8) is 0 Å². The number of nitrogens with one attached hydrogen (secondary N) is 1. The fraction of sp³-hybridized carbons (Fsp3) is 0.111. The summed E-state index contributed by atoms with van der Waals surface area (Å²) in [6.45, 7) is 2.01. The van der Waals surface area contributed by atoms with Crippen LogP contribution in [0.15, 0.2) is 29.3 Å². The molecule has 0 aliphatic heterocycles. The molecule has 0 radical (unpaired) electrons. The van der Waals surface area contributed by atoms with Crippen molar-refractivity contribution in [3.8, 4) is 10.6 Å². The summed E-state index contributed by atoms with van der Waals surface area (Å²) < 4.78 is 0. The Bertz CT molecular complexity index is 472. The number of hydrogen-bond acceptors (Lipinski definition) is 3. The number of thiophene rings is 1. The van der Waals surface area contributed by atoms with Crippen LogP contribution in [0.4, 0.5) is 0 Å². The van der Waals surface area contributed by atoms with Crippen molar-refractivity contribution in [2.24, 2.45) is 0 Å². The van der Waals surface area contributed by atoms with Gasteiger partial charge in [0.25, 0.3) is 5.56 Å². The number of aromatic nitrogens is 2. The van der Waals surface area contributed by atoms with Gasteiger partial charge in [0, 0.05) is 17.3 Å². The normalized spacial score (nSPS) is 10.2. The van der Waals surface area contributed by atoms with Crippen LogP contribution >= 0.6 is 11.3 Å². The molecule has 0 saturated carbocycles. The molecule has 0 amide bonds. The third-order valence-corrected chi connectivity index (χ3v) is 2.69. The predicted molar refractivity (Wildman–Crippen MR) is 52.9 cm³/mol. The first-order valence-electron chi connectivity index (χ1n) is 3.88. The van der Waals surface area contributed by atoms with Gasteiger partial charge in [0.2, 0.25) is 0 Å². The number of aryl methyl sites for hydroxylation is 1. The lowest BCUT2D eigenvalue weighted by atomic mass is 10.3. The second kappa shape index (κ2) is 3.14. The van der Waals surface area contributed by atoms with Crippen LogP contribution in [0.3, 0.4) is 0 Å². The van der Waals surface area contributed by atoms with E-state index in [1.54, 1.807) is 17.5 Å². The molecule has 1 N–H and O–H groups in total. The van der Waals surface area contributed by atoms with E-state index in [1.807, 2.05) is 19.1 Å². The molecule has 0 atom stereocenters. The SMILES string of the molecule is Cc1ccc(-c2ncc[nH]c2=O)s1. The van der Waals surface area contributed by atoms with Gasteiger partial charge in [-0.05, 0) is 19.1 Å². The number of rotatable bonds is 1. The fourth-order valence-corrected chi connectivity index (χ4v) is 1.95. The summed E-state index contributed by atoms with van der Waals surface area (Å²) in [6, 6.07) is 3.89. The molecule has 66 valence electrons. The van der Waals surface area contributed by atoms with Gasteiger partial charge in [0.1, 0.15) is 5.69 Å². The topological polar surface area (TPSA) is 45.8 Å². The summed E-state index contributed by atoms with van der Waals surface area (Å²) in [5.74, 6) is 0. The monoisotopic (exact) mass is 192 g/mol. The second-order valence-corrected chi connectivity index (χ2v) is 3.97. The number of nitrogens with zero attached hydrogens (tertiary/aromatic N) is 1. The third-order valence-electron chi connectivity index (χ3n) is 1.68. The molecule has 2 heterocycles. The Hall–Kier alpha value is -1.42. The summed E-state index contributed by atoms with van der Waals surface area (Å²) in [5, 5.41) is 0. The average Bonchev–Trinajstić information content (AvgIpc) is 2.53. The number of hydrogen-bond donors (Lipinski definition) is 1. The van der Waals surface area contributed by atoms with Crippen LogP contribution in [0.2, 0.25) is 0 Å². The summed E-state index contributed by atoms with van der Waals surface area (Å²) in [4.78, 5) is 20.0. The minimum atomic E-state index is -0.135. The molecule has 0 spiro atoms. The minimum Gasteiger partial charge on any atom is -0.326 e. The van der Waals surface area contributed by atoms with Crippen molar-refractivity contribution in [2.75, 3.05) is 0 Å². The van der Waals surface area contributed by atoms with E-state index in [-0.39, 0.29) is 5.56 Å². The van der Waals surface area contributed by atoms with Crippen LogP contribution in [0.1, 0.15) is 4.88 Å². The first-order valence-corrected chi connectivity index (χ1v) is 4.69. The van der Waals surface area contributed by atoms with Crippen LogP contribution in [0, 0.1) is 6.92 Å². The standard InChI is InChI=1S/C9H8N2OS/c1-6-2-3-7(13-6)8-9(12)11-5-4-10-8/h2-5H,1H3,(H,11,12). The van der Waals surface area contributed by atoms with E-state index in [2.05, 4.69) is 9.97 Å². The summed E-state index contributed by atoms with van der Waals surface area (Å²) >= 11 is 1.57. The summed E-state index contributed by atoms with van der Waals surface area (Å²) in [5.41, 5.74) is 0.366. The molecule has 13 heavy (non-hydrogen) atoms. The molecule has 0 unspecified atom stereocenters. The van der Waals surface area contributed by atoms with E-state index in [1.165, 1.54) is 11.1 Å². The van der Waals surface area contributed by atoms with Gasteiger partial charge in [-0.1, -0.05) is 0 Å². The highest BCUT2D eigenvalue weighted by atomic mass is 32.1. The molecule has 2 rings (SSSR count). The summed E-state index contributed by atoms with van der Waals surface area (Å²) in [6.07, 6.45) is 3.12. The smallest absolute Gasteiger partial charge is 0.275 e. The van der Waals surface area contributed by atoms with E-state index < -0.39 is 0 Å². The molecule has 2 aromatic rings. The summed E-state index contributed by atoms with van der Waals surface area (Å²) in [7, 11) is 0. The van der Waals surface area contributed by atoms with Crippen molar-refractivity contribution in [3.05, 3.63) is 39.8 Å². The van der Waals surface area contributed by atoms with Crippen LogP contribution in [0.25, 0.3) is 10.6 Å². The van der Waals surface area contributed by atoms with Gasteiger partial charge in [-0.3, -0.25) is 4.79 Å². The Labute approximate surface area is 79.1 Å². The first-order chi connectivity index (χ1) is 6.27. The molecule has 0 aliphatic rings. The first kappa shape index (κ1) is 8.19. The molecule has 3 nitrogen and oxygen atoms in total. The quantitative estimate of drug-likeness (QED) is 0.749. The second-order valence-electron chi connectivity index (χ2n) is 2.68. The molecular formula is C9H8N2OS. The molecule has 0 aromatic carbocycles. The van der Waals surface area contributed by atoms with Gasteiger partial charge < -0.3 is 4.98 Å². The maximum Gasteiger partial charge on any atom is 0.275 e. The Kier molecular flexibility index (Phi) is 1.98. The van der Waals surface area contributed by atoms with Gasteiger partial charge in [-0.2, -0.15) is 0 Å². The molecule has 0 bridgehead atoms. The Morgan fingerprint density at radius 3 is 2.92 bits per heavy atom. The van der Waals surface area contributed by atoms with Crippen LogP contribution in [-0.4, -0.2) is 9.97 Å². The van der Waals surface area contributed by atoms with E-state index in [0.717, 1.165) is 4.88 Å². The highest BCUT2D eigenvalue weighted by molar-refractivity contribution is 7.15. The van der Waals surface area contributed by atoms with Crippen molar-refractivity contribution >= 4 is 11.3 Å². The van der Waals surface area contributed by atoms with Crippen molar-refractivity contribution in [1.82, 2.24) is 9.97 Å². The van der Waals surface area contributed by atoms with E-state index in [9.17, 15) is 4.79 Å². The van der Waals surface area contributed by atoms with E-state index in [4.69, 9.17) is 0 Å². The number of H-pyrrole nitrogens is 1. The Morgan fingerprint density at radius 1 is 1.46 bits per heavy atom. The lowest BCUT2D eigenvalue weighted by Gasteiger charge is -1.92. The maximum atomic E-state index is 11.3. The average molecular weight is 192 g/mol. The van der Waals surface area contributed by atoms with Gasteiger partial charge in [-0.15, -0.1) is 11.3 Å². The van der Waals surface area contributed by atoms with E-state index >= 15 is 0 Å². The molecule has 4 heteroatoms. The maximum absolute atomic E-state index is 11.3. The lowest BCUT2D eigenvalue weighted by molar-refractivity contribution is 1.15. The van der Waals surface area contributed by atoms with Gasteiger partial charge in [0.05, 0.1) is 4.88 Å². The Balaban J connectivity index is 2.59. The largest absolute Gasteiger partial charge is 0.326 e. The minimum absolute atomic E-state index is 0.135. The zero-order valence-electron chi connectivity index (χ0n) is 7.07. The van der Waals surface area contributed by atoms with Crippen LogP contribution < -0.4 is 5.56 Å². The van der Waals surface area contributed by atoms with Crippen molar-refractivity contribution < 1.29 is 0 Å². The van der Waals surface area contributed by atoms with Gasteiger partial charge in [-0.25, -0.2) is 4.98 Å². The van der Waals surface area contributed by atoms with E-state index in [0.29, 0.717) is 5.69 Å². The molecule has 0 fully saturated rings.